The van der Waals surface area contributed by atoms with E-state index in [2.05, 4.69) is 5.32 Å². The number of rotatable bonds is 3. The lowest BCUT2D eigenvalue weighted by atomic mass is 10.2. The van der Waals surface area contributed by atoms with Gasteiger partial charge >= 0.3 is 0 Å². The van der Waals surface area contributed by atoms with Crippen LogP contribution >= 0.6 is 11.6 Å². The Labute approximate surface area is 119 Å². The third-order valence-electron chi connectivity index (χ3n) is 2.60. The standard InChI is InChI=1S/C14H10ClF2NO2/c1-20-9-3-5-13(11(15)7-9)18-14(19)10-6-8(16)2-4-12(10)17/h2-7H,1H3,(H,18,19). The van der Waals surface area contributed by atoms with E-state index in [1.807, 2.05) is 0 Å². The second-order valence-electron chi connectivity index (χ2n) is 3.92. The van der Waals surface area contributed by atoms with Crippen molar-refractivity contribution in [3.8, 4) is 5.75 Å². The fraction of sp³-hybridized carbons (Fsp3) is 0.0714. The molecule has 0 saturated carbocycles. The van der Waals surface area contributed by atoms with Crippen LogP contribution < -0.4 is 10.1 Å². The molecule has 0 fully saturated rings. The van der Waals surface area contributed by atoms with Gasteiger partial charge in [-0.15, -0.1) is 0 Å². The van der Waals surface area contributed by atoms with E-state index in [0.717, 1.165) is 18.2 Å². The van der Waals surface area contributed by atoms with Crippen molar-refractivity contribution in [2.75, 3.05) is 12.4 Å². The Morgan fingerprint density at radius 1 is 1.20 bits per heavy atom. The molecule has 3 nitrogen and oxygen atoms in total. The molecular weight excluding hydrogens is 288 g/mol. The molecule has 0 saturated heterocycles. The summed E-state index contributed by atoms with van der Waals surface area (Å²) in [4.78, 5) is 11.9. The van der Waals surface area contributed by atoms with Gasteiger partial charge < -0.3 is 10.1 Å². The van der Waals surface area contributed by atoms with Crippen molar-refractivity contribution in [3.63, 3.8) is 0 Å². The highest BCUT2D eigenvalue weighted by molar-refractivity contribution is 6.34. The first-order valence-electron chi connectivity index (χ1n) is 5.61. The third kappa shape index (κ3) is 3.05. The zero-order valence-corrected chi connectivity index (χ0v) is 11.2. The molecule has 0 aromatic heterocycles. The lowest BCUT2D eigenvalue weighted by molar-refractivity contribution is 0.102. The van der Waals surface area contributed by atoms with E-state index in [1.165, 1.54) is 19.2 Å². The topological polar surface area (TPSA) is 38.3 Å². The van der Waals surface area contributed by atoms with Crippen LogP contribution in [0.25, 0.3) is 0 Å². The van der Waals surface area contributed by atoms with E-state index in [-0.39, 0.29) is 10.7 Å². The van der Waals surface area contributed by atoms with Crippen LogP contribution in [0.1, 0.15) is 10.4 Å². The third-order valence-corrected chi connectivity index (χ3v) is 2.91. The maximum atomic E-state index is 13.5. The van der Waals surface area contributed by atoms with Gasteiger partial charge in [0.25, 0.3) is 5.91 Å². The van der Waals surface area contributed by atoms with Crippen LogP contribution in [0, 0.1) is 11.6 Å². The van der Waals surface area contributed by atoms with Crippen molar-refractivity contribution in [1.82, 2.24) is 0 Å². The first-order valence-corrected chi connectivity index (χ1v) is 5.99. The summed E-state index contributed by atoms with van der Waals surface area (Å²) in [5, 5.41) is 2.64. The predicted octanol–water partition coefficient (Wildman–Crippen LogP) is 3.88. The van der Waals surface area contributed by atoms with Gasteiger partial charge in [-0.2, -0.15) is 0 Å². The van der Waals surface area contributed by atoms with Gasteiger partial charge in [0.15, 0.2) is 0 Å². The van der Waals surface area contributed by atoms with Gasteiger partial charge in [-0.25, -0.2) is 8.78 Å². The summed E-state index contributed by atoms with van der Waals surface area (Å²) in [6, 6.07) is 7.24. The van der Waals surface area contributed by atoms with E-state index < -0.39 is 23.1 Å². The average Bonchev–Trinajstić information content (AvgIpc) is 2.43. The summed E-state index contributed by atoms with van der Waals surface area (Å²) in [5.74, 6) is -1.77. The van der Waals surface area contributed by atoms with E-state index in [0.29, 0.717) is 5.75 Å². The second kappa shape index (κ2) is 5.88. The number of amides is 1. The van der Waals surface area contributed by atoms with Crippen LogP contribution in [0.3, 0.4) is 0 Å². The van der Waals surface area contributed by atoms with E-state index in [4.69, 9.17) is 16.3 Å². The van der Waals surface area contributed by atoms with E-state index in [9.17, 15) is 13.6 Å². The molecule has 0 radical (unpaired) electrons. The number of hydrogen-bond donors (Lipinski definition) is 1. The molecule has 104 valence electrons. The Morgan fingerprint density at radius 2 is 1.95 bits per heavy atom. The van der Waals surface area contributed by atoms with Gasteiger partial charge in [0, 0.05) is 6.07 Å². The number of benzene rings is 2. The van der Waals surface area contributed by atoms with Crippen molar-refractivity contribution in [2.24, 2.45) is 0 Å². The fourth-order valence-corrected chi connectivity index (χ4v) is 1.80. The molecule has 6 heteroatoms. The lowest BCUT2D eigenvalue weighted by Gasteiger charge is -2.09. The summed E-state index contributed by atoms with van der Waals surface area (Å²) >= 11 is 5.95. The van der Waals surface area contributed by atoms with E-state index >= 15 is 0 Å². The van der Waals surface area contributed by atoms with Gasteiger partial charge in [0.2, 0.25) is 0 Å². The number of methoxy groups -OCH3 is 1. The molecule has 0 heterocycles. The number of halogens is 3. The normalized spacial score (nSPS) is 10.2. The van der Waals surface area contributed by atoms with Crippen LogP contribution in [0.2, 0.25) is 5.02 Å². The van der Waals surface area contributed by atoms with Crippen molar-refractivity contribution < 1.29 is 18.3 Å². The Morgan fingerprint density at radius 3 is 2.60 bits per heavy atom. The molecule has 20 heavy (non-hydrogen) atoms. The quantitative estimate of drug-likeness (QED) is 0.933. The average molecular weight is 298 g/mol. The van der Waals surface area contributed by atoms with Crippen LogP contribution in [0.4, 0.5) is 14.5 Å². The smallest absolute Gasteiger partial charge is 0.258 e. The molecule has 2 aromatic rings. The maximum absolute atomic E-state index is 13.5. The molecule has 0 bridgehead atoms. The summed E-state index contributed by atoms with van der Waals surface area (Å²) in [7, 11) is 1.48. The highest BCUT2D eigenvalue weighted by atomic mass is 35.5. The van der Waals surface area contributed by atoms with Crippen molar-refractivity contribution >= 4 is 23.2 Å². The highest BCUT2D eigenvalue weighted by Crippen LogP contribution is 2.27. The fourth-order valence-electron chi connectivity index (χ4n) is 1.59. The molecule has 2 aromatic carbocycles. The van der Waals surface area contributed by atoms with Gasteiger partial charge in [-0.1, -0.05) is 11.6 Å². The molecular formula is C14H10ClF2NO2. The van der Waals surface area contributed by atoms with Crippen LogP contribution in [0.5, 0.6) is 5.75 Å². The molecule has 1 amide bonds. The Balaban J connectivity index is 2.25. The van der Waals surface area contributed by atoms with Gasteiger partial charge in [-0.3, -0.25) is 4.79 Å². The van der Waals surface area contributed by atoms with Crippen LogP contribution in [-0.4, -0.2) is 13.0 Å². The molecule has 0 unspecified atom stereocenters. The predicted molar refractivity (Wildman–Crippen MR) is 72.3 cm³/mol. The zero-order chi connectivity index (χ0) is 14.7. The minimum atomic E-state index is -0.812. The summed E-state index contributed by atoms with van der Waals surface area (Å²) < 4.78 is 31.5. The summed E-state index contributed by atoms with van der Waals surface area (Å²) in [5.41, 5.74) is -0.113. The Hall–Kier alpha value is -2.14. The molecule has 2 rings (SSSR count). The first kappa shape index (κ1) is 14.3. The molecule has 0 atom stereocenters. The second-order valence-corrected chi connectivity index (χ2v) is 4.33. The summed E-state index contributed by atoms with van der Waals surface area (Å²) in [6.07, 6.45) is 0. The maximum Gasteiger partial charge on any atom is 0.258 e. The summed E-state index contributed by atoms with van der Waals surface area (Å²) in [6.45, 7) is 0. The molecule has 0 spiro atoms. The lowest BCUT2D eigenvalue weighted by Crippen LogP contribution is -2.14. The molecule has 0 aliphatic rings. The van der Waals surface area contributed by atoms with E-state index in [1.54, 1.807) is 6.07 Å². The number of carbonyl (C=O) groups is 1. The highest BCUT2D eigenvalue weighted by Gasteiger charge is 2.14. The van der Waals surface area contributed by atoms with Gasteiger partial charge in [0.05, 0.1) is 23.4 Å². The number of carbonyl (C=O) groups excluding carboxylic acids is 1. The van der Waals surface area contributed by atoms with Gasteiger partial charge in [0.1, 0.15) is 17.4 Å². The Kier molecular flexibility index (Phi) is 4.20. The molecule has 0 aliphatic carbocycles. The largest absolute Gasteiger partial charge is 0.497 e. The van der Waals surface area contributed by atoms with Gasteiger partial charge in [-0.05, 0) is 30.3 Å². The van der Waals surface area contributed by atoms with Crippen LogP contribution in [0.15, 0.2) is 36.4 Å². The van der Waals surface area contributed by atoms with Crippen molar-refractivity contribution in [2.45, 2.75) is 0 Å². The van der Waals surface area contributed by atoms with Crippen molar-refractivity contribution in [1.29, 1.82) is 0 Å². The number of hydrogen-bond acceptors (Lipinski definition) is 2. The number of nitrogens with one attached hydrogen (secondary N) is 1. The monoisotopic (exact) mass is 297 g/mol. The van der Waals surface area contributed by atoms with Crippen LogP contribution in [-0.2, 0) is 0 Å². The Bertz CT molecular complexity index is 662. The first-order chi connectivity index (χ1) is 9.51. The number of ether oxygens (including phenoxy) is 1. The van der Waals surface area contributed by atoms with Crippen molar-refractivity contribution in [3.05, 3.63) is 58.6 Å². The molecule has 0 aliphatic heterocycles. The molecule has 1 N–H and O–H groups in total. The number of anilines is 1. The zero-order valence-electron chi connectivity index (χ0n) is 10.4. The SMILES string of the molecule is COc1ccc(NC(=O)c2cc(F)ccc2F)c(Cl)c1. The minimum Gasteiger partial charge on any atom is -0.497 e. The minimum absolute atomic E-state index is 0.231.